The van der Waals surface area contributed by atoms with E-state index in [-0.39, 0.29) is 11.6 Å². The quantitative estimate of drug-likeness (QED) is 0.516. The molecule has 0 aliphatic rings. The number of pyridine rings is 1. The number of halogens is 1. The minimum Gasteiger partial charge on any atom is -0.457 e. The highest BCUT2D eigenvalue weighted by Gasteiger charge is 2.19. The number of ether oxygens (including phenoxy) is 1. The predicted octanol–water partition coefficient (Wildman–Crippen LogP) is 5.08. The number of rotatable bonds is 6. The number of alkyl halides is 1. The van der Waals surface area contributed by atoms with Crippen LogP contribution in [-0.4, -0.2) is 24.0 Å². The van der Waals surface area contributed by atoms with E-state index in [0.717, 1.165) is 0 Å². The first-order chi connectivity index (χ1) is 14.7. The number of hydrogen-bond donors (Lipinski definition) is 3. The average Bonchev–Trinajstić information content (AvgIpc) is 2.74. The lowest BCUT2D eigenvalue weighted by molar-refractivity contribution is 0.0957. The van der Waals surface area contributed by atoms with Gasteiger partial charge in [0.25, 0.3) is 5.91 Å². The minimum atomic E-state index is -1.50. The van der Waals surface area contributed by atoms with Gasteiger partial charge in [0.1, 0.15) is 22.9 Å². The number of carbonyl (C=O) groups excluding carboxylic acids is 2. The molecule has 0 aliphatic heterocycles. The summed E-state index contributed by atoms with van der Waals surface area (Å²) in [5.74, 6) is 0.678. The van der Waals surface area contributed by atoms with Crippen LogP contribution in [0.2, 0.25) is 0 Å². The van der Waals surface area contributed by atoms with E-state index in [9.17, 15) is 14.0 Å². The summed E-state index contributed by atoms with van der Waals surface area (Å²) in [7, 11) is 1.53. The normalized spacial score (nSPS) is 10.8. The minimum absolute atomic E-state index is 0.246. The first kappa shape index (κ1) is 21.8. The molecule has 1 heterocycles. The third kappa shape index (κ3) is 6.02. The molecular weight excluding hydrogens is 399 g/mol. The molecule has 0 bridgehead atoms. The van der Waals surface area contributed by atoms with Crippen LogP contribution < -0.4 is 20.7 Å². The van der Waals surface area contributed by atoms with Crippen molar-refractivity contribution in [3.8, 4) is 11.5 Å². The fraction of sp³-hybridized carbons (Fsp3) is 0.174. The molecular formula is C23H23FN4O3. The Morgan fingerprint density at radius 1 is 0.935 bits per heavy atom. The second-order valence-electron chi connectivity index (χ2n) is 7.21. The molecule has 3 rings (SSSR count). The van der Waals surface area contributed by atoms with Crippen LogP contribution >= 0.6 is 0 Å². The molecule has 1 aromatic heterocycles. The van der Waals surface area contributed by atoms with Crippen LogP contribution in [0, 0.1) is 0 Å². The van der Waals surface area contributed by atoms with Gasteiger partial charge in [0.05, 0.1) is 0 Å². The number of anilines is 2. The molecule has 3 N–H and O–H groups in total. The van der Waals surface area contributed by atoms with E-state index in [1.807, 2.05) is 0 Å². The highest BCUT2D eigenvalue weighted by atomic mass is 19.1. The van der Waals surface area contributed by atoms with E-state index in [1.54, 1.807) is 54.6 Å². The molecule has 3 aromatic rings. The summed E-state index contributed by atoms with van der Waals surface area (Å²) in [4.78, 5) is 27.9. The first-order valence-corrected chi connectivity index (χ1v) is 9.58. The van der Waals surface area contributed by atoms with Crippen molar-refractivity contribution in [1.29, 1.82) is 0 Å². The van der Waals surface area contributed by atoms with Crippen molar-refractivity contribution >= 4 is 23.3 Å². The summed E-state index contributed by atoms with van der Waals surface area (Å²) in [6.07, 6.45) is 1.49. The van der Waals surface area contributed by atoms with Gasteiger partial charge in [0, 0.05) is 30.7 Å². The fourth-order valence-corrected chi connectivity index (χ4v) is 2.73. The molecule has 0 spiro atoms. The van der Waals surface area contributed by atoms with Crippen molar-refractivity contribution in [2.45, 2.75) is 19.5 Å². The Bertz CT molecular complexity index is 1080. The Morgan fingerprint density at radius 2 is 1.65 bits per heavy atom. The van der Waals surface area contributed by atoms with Gasteiger partial charge in [-0.3, -0.25) is 9.78 Å². The van der Waals surface area contributed by atoms with Crippen LogP contribution in [0.4, 0.5) is 20.6 Å². The van der Waals surface area contributed by atoms with Gasteiger partial charge in [-0.15, -0.1) is 0 Å². The lowest BCUT2D eigenvalue weighted by atomic mass is 10.00. The van der Waals surface area contributed by atoms with Gasteiger partial charge in [0.2, 0.25) is 0 Å². The van der Waals surface area contributed by atoms with Crippen LogP contribution in [0.5, 0.6) is 11.5 Å². The van der Waals surface area contributed by atoms with Crippen molar-refractivity contribution in [2.24, 2.45) is 0 Å². The number of nitrogens with zero attached hydrogens (tertiary/aromatic N) is 1. The molecule has 7 nitrogen and oxygen atoms in total. The van der Waals surface area contributed by atoms with Gasteiger partial charge >= 0.3 is 6.03 Å². The lowest BCUT2D eigenvalue weighted by Crippen LogP contribution is -2.20. The zero-order chi connectivity index (χ0) is 22.4. The topological polar surface area (TPSA) is 92.4 Å². The van der Waals surface area contributed by atoms with E-state index in [1.165, 1.54) is 33.2 Å². The molecule has 31 heavy (non-hydrogen) atoms. The molecule has 0 saturated heterocycles. The molecule has 0 aliphatic carbocycles. The highest BCUT2D eigenvalue weighted by Crippen LogP contribution is 2.27. The van der Waals surface area contributed by atoms with Gasteiger partial charge in [-0.2, -0.15) is 0 Å². The summed E-state index contributed by atoms with van der Waals surface area (Å²) >= 11 is 0. The van der Waals surface area contributed by atoms with Gasteiger partial charge in [-0.1, -0.05) is 12.1 Å². The van der Waals surface area contributed by atoms with Crippen LogP contribution in [0.25, 0.3) is 0 Å². The van der Waals surface area contributed by atoms with E-state index < -0.39 is 11.7 Å². The van der Waals surface area contributed by atoms with Gasteiger partial charge in [0.15, 0.2) is 0 Å². The lowest BCUT2D eigenvalue weighted by Gasteiger charge is -2.16. The van der Waals surface area contributed by atoms with Crippen LogP contribution in [0.3, 0.4) is 0 Å². The summed E-state index contributed by atoms with van der Waals surface area (Å²) in [6.45, 7) is 2.92. The van der Waals surface area contributed by atoms with Crippen molar-refractivity contribution in [3.05, 3.63) is 78.1 Å². The Balaban J connectivity index is 1.61. The summed E-state index contributed by atoms with van der Waals surface area (Å²) in [6, 6.07) is 16.1. The smallest absolute Gasteiger partial charge is 0.323 e. The van der Waals surface area contributed by atoms with Crippen molar-refractivity contribution in [2.75, 3.05) is 17.7 Å². The van der Waals surface area contributed by atoms with Crippen molar-refractivity contribution < 1.29 is 18.7 Å². The maximum atomic E-state index is 14.1. The monoisotopic (exact) mass is 422 g/mol. The molecule has 0 atom stereocenters. The zero-order valence-corrected chi connectivity index (χ0v) is 17.4. The summed E-state index contributed by atoms with van der Waals surface area (Å²) < 4.78 is 19.8. The maximum Gasteiger partial charge on any atom is 0.323 e. The third-order valence-corrected chi connectivity index (χ3v) is 4.35. The number of nitrogens with one attached hydrogen (secondary N) is 3. The van der Waals surface area contributed by atoms with Crippen LogP contribution in [0.1, 0.15) is 29.9 Å². The predicted molar refractivity (Wildman–Crippen MR) is 117 cm³/mol. The van der Waals surface area contributed by atoms with E-state index >= 15 is 0 Å². The van der Waals surface area contributed by atoms with Gasteiger partial charge in [-0.05, 0) is 61.9 Å². The Kier molecular flexibility index (Phi) is 6.49. The Morgan fingerprint density at radius 3 is 2.32 bits per heavy atom. The number of amides is 3. The van der Waals surface area contributed by atoms with Crippen LogP contribution in [0.15, 0.2) is 66.9 Å². The zero-order valence-electron chi connectivity index (χ0n) is 17.4. The number of hydrogen-bond acceptors (Lipinski definition) is 4. The van der Waals surface area contributed by atoms with Crippen molar-refractivity contribution in [3.63, 3.8) is 0 Å². The summed E-state index contributed by atoms with van der Waals surface area (Å²) in [5.41, 5.74) is 0.260. The van der Waals surface area contributed by atoms with E-state index in [4.69, 9.17) is 4.74 Å². The number of carbonyl (C=O) groups is 2. The van der Waals surface area contributed by atoms with Crippen molar-refractivity contribution in [1.82, 2.24) is 10.3 Å². The SMILES string of the molecule is CNC(=O)c1cc(Oc2ccc(NC(=O)Nc3cccc(C(C)(C)F)c3)cc2)ccn1. The number of benzene rings is 2. The van der Waals surface area contributed by atoms with Gasteiger partial charge < -0.3 is 20.7 Å². The van der Waals surface area contributed by atoms with Crippen LogP contribution in [-0.2, 0) is 5.67 Å². The molecule has 0 saturated carbocycles. The standard InChI is InChI=1S/C23H23FN4O3/c1-23(2,24)15-5-4-6-17(13-15)28-22(30)27-16-7-9-18(10-8-16)31-19-11-12-26-20(14-19)21(29)25-3/h4-14H,1-3H3,(H,25,29)(H2,27,28,30). The third-order valence-electron chi connectivity index (χ3n) is 4.35. The Labute approximate surface area is 179 Å². The molecule has 160 valence electrons. The number of aromatic nitrogens is 1. The Hall–Kier alpha value is -3.94. The maximum absolute atomic E-state index is 14.1. The second-order valence-corrected chi connectivity index (χ2v) is 7.21. The summed E-state index contributed by atoms with van der Waals surface area (Å²) in [5, 5.41) is 7.90. The first-order valence-electron chi connectivity index (χ1n) is 9.58. The molecule has 8 heteroatoms. The largest absolute Gasteiger partial charge is 0.457 e. The molecule has 0 radical (unpaired) electrons. The van der Waals surface area contributed by atoms with E-state index in [2.05, 4.69) is 20.9 Å². The molecule has 3 amide bonds. The highest BCUT2D eigenvalue weighted by molar-refractivity contribution is 5.99. The van der Waals surface area contributed by atoms with Gasteiger partial charge in [-0.25, -0.2) is 9.18 Å². The molecule has 0 fully saturated rings. The molecule has 0 unspecified atom stereocenters. The molecule has 2 aromatic carbocycles. The van der Waals surface area contributed by atoms with E-state index in [0.29, 0.717) is 28.4 Å². The second kappa shape index (κ2) is 9.25. The number of urea groups is 1. The fourth-order valence-electron chi connectivity index (χ4n) is 2.73. The average molecular weight is 422 g/mol.